The van der Waals surface area contributed by atoms with Crippen molar-refractivity contribution in [2.75, 3.05) is 13.1 Å². The molecular formula is C22H28N6O4S. The van der Waals surface area contributed by atoms with Gasteiger partial charge in [-0.15, -0.1) is 12.6 Å². The highest BCUT2D eigenvalue weighted by Crippen LogP contribution is 2.23. The number of amides is 2. The first-order chi connectivity index (χ1) is 15.7. The van der Waals surface area contributed by atoms with Crippen LogP contribution in [0.3, 0.4) is 0 Å². The van der Waals surface area contributed by atoms with Crippen LogP contribution in [0.2, 0.25) is 0 Å². The Labute approximate surface area is 196 Å². The molecule has 0 unspecified atom stereocenters. The van der Waals surface area contributed by atoms with Crippen LogP contribution >= 0.6 is 12.6 Å². The molecule has 33 heavy (non-hydrogen) atoms. The Morgan fingerprint density at radius 2 is 1.88 bits per heavy atom. The molecule has 0 saturated heterocycles. The standard InChI is InChI=1S/C22H28N6O4S/c23-21(32)14(4-2-8-27-22(24)25)10-16(29)12-28-19(31)6-5-17(30)15-9-13-3-1-7-26-20(13)18(33)11-15/h1,3,7,9,11,14,33H,2,4-6,8,10,12H2,(H2,23,32)(H,28,31)(H4,24,25,27)/t14-/m1/s1. The highest BCUT2D eigenvalue weighted by atomic mass is 32.1. The van der Waals surface area contributed by atoms with Gasteiger partial charge in [0.2, 0.25) is 11.8 Å². The number of pyridine rings is 1. The Morgan fingerprint density at radius 1 is 1.12 bits per heavy atom. The van der Waals surface area contributed by atoms with Crippen molar-refractivity contribution in [2.45, 2.75) is 37.0 Å². The van der Waals surface area contributed by atoms with Gasteiger partial charge in [0.05, 0.1) is 12.1 Å². The molecule has 1 atom stereocenters. The second-order valence-electron chi connectivity index (χ2n) is 7.56. The molecule has 2 rings (SSSR count). The van der Waals surface area contributed by atoms with E-state index in [1.165, 1.54) is 0 Å². The van der Waals surface area contributed by atoms with Gasteiger partial charge in [0.15, 0.2) is 17.5 Å². The molecule has 0 aliphatic rings. The van der Waals surface area contributed by atoms with E-state index < -0.39 is 17.7 Å². The lowest BCUT2D eigenvalue weighted by molar-refractivity contribution is -0.128. The number of hydrogen-bond acceptors (Lipinski definition) is 7. The molecule has 1 aromatic carbocycles. The topological polar surface area (TPSA) is 184 Å². The largest absolute Gasteiger partial charge is 0.370 e. The number of rotatable bonds is 13. The second-order valence-corrected chi connectivity index (χ2v) is 8.04. The van der Waals surface area contributed by atoms with Gasteiger partial charge in [-0.05, 0) is 31.0 Å². The number of thiol groups is 1. The van der Waals surface area contributed by atoms with Gasteiger partial charge in [-0.25, -0.2) is 0 Å². The van der Waals surface area contributed by atoms with E-state index in [0.717, 1.165) is 5.39 Å². The Kier molecular flexibility index (Phi) is 9.80. The molecule has 0 aliphatic heterocycles. The number of aliphatic imine (C=N–C) groups is 1. The van der Waals surface area contributed by atoms with Crippen LogP contribution in [-0.2, 0) is 14.4 Å². The van der Waals surface area contributed by atoms with Crippen molar-refractivity contribution < 1.29 is 19.2 Å². The number of nitrogens with zero attached hydrogens (tertiary/aromatic N) is 2. The van der Waals surface area contributed by atoms with Crippen LogP contribution in [0.25, 0.3) is 10.9 Å². The van der Waals surface area contributed by atoms with E-state index in [4.69, 9.17) is 17.2 Å². The minimum absolute atomic E-state index is 0.0201. The summed E-state index contributed by atoms with van der Waals surface area (Å²) in [5.74, 6) is -2.29. The minimum atomic E-state index is -0.664. The molecule has 7 N–H and O–H groups in total. The number of guanidine groups is 1. The van der Waals surface area contributed by atoms with E-state index >= 15 is 0 Å². The fourth-order valence-electron chi connectivity index (χ4n) is 3.23. The van der Waals surface area contributed by atoms with Crippen molar-refractivity contribution in [2.24, 2.45) is 28.1 Å². The van der Waals surface area contributed by atoms with Crippen molar-refractivity contribution in [3.63, 3.8) is 0 Å². The van der Waals surface area contributed by atoms with Gasteiger partial charge in [-0.3, -0.25) is 29.2 Å². The van der Waals surface area contributed by atoms with E-state index in [-0.39, 0.29) is 43.3 Å². The quantitative estimate of drug-likeness (QED) is 0.0934. The molecule has 0 spiro atoms. The van der Waals surface area contributed by atoms with Gasteiger partial charge < -0.3 is 22.5 Å². The fourth-order valence-corrected chi connectivity index (χ4v) is 3.55. The molecule has 1 heterocycles. The number of primary amides is 1. The molecule has 11 heteroatoms. The number of benzene rings is 1. The highest BCUT2D eigenvalue weighted by molar-refractivity contribution is 7.80. The summed E-state index contributed by atoms with van der Waals surface area (Å²) in [6, 6.07) is 6.93. The zero-order valence-corrected chi connectivity index (χ0v) is 19.0. The van der Waals surface area contributed by atoms with E-state index in [1.54, 1.807) is 24.4 Å². The maximum Gasteiger partial charge on any atom is 0.220 e. The molecule has 0 saturated carbocycles. The van der Waals surface area contributed by atoms with Crippen LogP contribution in [0.4, 0.5) is 0 Å². The van der Waals surface area contributed by atoms with Gasteiger partial charge in [0.1, 0.15) is 0 Å². The van der Waals surface area contributed by atoms with Crippen LogP contribution in [0.1, 0.15) is 42.5 Å². The van der Waals surface area contributed by atoms with E-state index in [2.05, 4.69) is 27.9 Å². The number of Topliss-reactive ketones (excluding diaryl/α,β-unsaturated/α-hetero) is 2. The molecule has 0 radical (unpaired) electrons. The monoisotopic (exact) mass is 472 g/mol. The number of nitrogens with two attached hydrogens (primary N) is 3. The van der Waals surface area contributed by atoms with Crippen LogP contribution in [0.5, 0.6) is 0 Å². The van der Waals surface area contributed by atoms with E-state index in [0.29, 0.717) is 35.4 Å². The molecular weight excluding hydrogens is 444 g/mol. The van der Waals surface area contributed by atoms with Crippen LogP contribution in [-0.4, -0.2) is 47.4 Å². The Morgan fingerprint density at radius 3 is 2.58 bits per heavy atom. The van der Waals surface area contributed by atoms with Crippen LogP contribution < -0.4 is 22.5 Å². The van der Waals surface area contributed by atoms with Crippen molar-refractivity contribution in [1.29, 1.82) is 0 Å². The number of hydrogen-bond donors (Lipinski definition) is 5. The lowest BCUT2D eigenvalue weighted by Gasteiger charge is -2.12. The summed E-state index contributed by atoms with van der Waals surface area (Å²) in [5, 5.41) is 3.27. The first-order valence-corrected chi connectivity index (χ1v) is 10.9. The first-order valence-electron chi connectivity index (χ1n) is 10.4. The maximum atomic E-state index is 12.5. The third-order valence-electron chi connectivity index (χ3n) is 4.95. The highest BCUT2D eigenvalue weighted by Gasteiger charge is 2.20. The first kappa shape index (κ1) is 25.8. The predicted molar refractivity (Wildman–Crippen MR) is 128 cm³/mol. The Hall–Kier alpha value is -3.47. The number of ketones is 2. The van der Waals surface area contributed by atoms with Crippen LogP contribution in [0, 0.1) is 5.92 Å². The molecule has 0 fully saturated rings. The summed E-state index contributed by atoms with van der Waals surface area (Å²) in [6.45, 7) is 0.0840. The maximum absolute atomic E-state index is 12.5. The Bertz CT molecular complexity index is 1070. The van der Waals surface area contributed by atoms with E-state index in [1.807, 2.05) is 6.07 Å². The second kappa shape index (κ2) is 12.5. The molecule has 1 aromatic heterocycles. The third-order valence-corrected chi connectivity index (χ3v) is 5.29. The SMILES string of the molecule is NC(=O)[C@H](CCCN=C(N)N)CC(=O)CNC(=O)CCC(=O)c1cc(S)c2ncccc2c1. The molecule has 2 aromatic rings. The van der Waals surface area contributed by atoms with Gasteiger partial charge in [-0.1, -0.05) is 6.07 Å². The average molecular weight is 473 g/mol. The Balaban J connectivity index is 1.78. The molecule has 176 valence electrons. The summed E-state index contributed by atoms with van der Waals surface area (Å²) in [5.41, 5.74) is 17.0. The van der Waals surface area contributed by atoms with Crippen molar-refractivity contribution in [3.8, 4) is 0 Å². The average Bonchev–Trinajstić information content (AvgIpc) is 2.77. The molecule has 0 aliphatic carbocycles. The summed E-state index contributed by atoms with van der Waals surface area (Å²) < 4.78 is 0. The van der Waals surface area contributed by atoms with Crippen LogP contribution in [0.15, 0.2) is 40.4 Å². The van der Waals surface area contributed by atoms with Crippen molar-refractivity contribution in [1.82, 2.24) is 10.3 Å². The lowest BCUT2D eigenvalue weighted by atomic mass is 9.96. The molecule has 2 amide bonds. The summed E-state index contributed by atoms with van der Waals surface area (Å²) >= 11 is 4.37. The molecule has 10 nitrogen and oxygen atoms in total. The van der Waals surface area contributed by atoms with Gasteiger partial charge in [0.25, 0.3) is 0 Å². The minimum Gasteiger partial charge on any atom is -0.370 e. The van der Waals surface area contributed by atoms with Gasteiger partial charge in [-0.2, -0.15) is 0 Å². The lowest BCUT2D eigenvalue weighted by Crippen LogP contribution is -2.33. The summed E-state index contributed by atoms with van der Waals surface area (Å²) in [6.07, 6.45) is 2.31. The zero-order valence-electron chi connectivity index (χ0n) is 18.1. The normalized spacial score (nSPS) is 11.5. The number of carbonyl (C=O) groups excluding carboxylic acids is 4. The third kappa shape index (κ3) is 8.53. The van der Waals surface area contributed by atoms with E-state index in [9.17, 15) is 19.2 Å². The number of fused-ring (bicyclic) bond motifs is 1. The fraction of sp³-hybridized carbons (Fsp3) is 0.364. The summed E-state index contributed by atoms with van der Waals surface area (Å²) in [7, 11) is 0. The molecule has 0 bridgehead atoms. The smallest absolute Gasteiger partial charge is 0.220 e. The zero-order chi connectivity index (χ0) is 24.4. The summed E-state index contributed by atoms with van der Waals surface area (Å²) in [4.78, 5) is 56.9. The van der Waals surface area contributed by atoms with Crippen molar-refractivity contribution in [3.05, 3.63) is 36.0 Å². The predicted octanol–water partition coefficient (Wildman–Crippen LogP) is 0.717. The number of nitrogens with one attached hydrogen (secondary N) is 1. The van der Waals surface area contributed by atoms with Gasteiger partial charge >= 0.3 is 0 Å². The van der Waals surface area contributed by atoms with Crippen molar-refractivity contribution >= 4 is 52.9 Å². The van der Waals surface area contributed by atoms with Gasteiger partial charge in [0, 0.05) is 53.8 Å². The number of carbonyl (C=O) groups is 4. The number of aromatic nitrogens is 1.